The molecule has 0 unspecified atom stereocenters. The van der Waals surface area contributed by atoms with Crippen molar-refractivity contribution in [2.75, 3.05) is 0 Å². The van der Waals surface area contributed by atoms with Crippen LogP contribution in [0.3, 0.4) is 0 Å². The molecule has 1 aliphatic heterocycles. The van der Waals surface area contributed by atoms with Crippen molar-refractivity contribution in [3.05, 3.63) is 52.9 Å². The lowest BCUT2D eigenvalue weighted by Gasteiger charge is -2.33. The molecule has 1 aromatic carbocycles. The first-order valence-corrected chi connectivity index (χ1v) is 8.08. The predicted octanol–water partition coefficient (Wildman–Crippen LogP) is 2.84. The number of carboxylic acid groups (broad SMARTS) is 1. The molecule has 6 heteroatoms. The van der Waals surface area contributed by atoms with E-state index in [0.29, 0.717) is 12.1 Å². The summed E-state index contributed by atoms with van der Waals surface area (Å²) in [6.07, 6.45) is 1.18. The van der Waals surface area contributed by atoms with E-state index in [2.05, 4.69) is 5.16 Å². The fourth-order valence-electron chi connectivity index (χ4n) is 2.93. The van der Waals surface area contributed by atoms with Gasteiger partial charge in [0.25, 0.3) is 5.91 Å². The van der Waals surface area contributed by atoms with Crippen LogP contribution in [0.2, 0.25) is 0 Å². The van der Waals surface area contributed by atoms with Gasteiger partial charge in [-0.2, -0.15) is 0 Å². The maximum absolute atomic E-state index is 12.8. The maximum Gasteiger partial charge on any atom is 0.326 e. The van der Waals surface area contributed by atoms with Crippen molar-refractivity contribution in [2.24, 2.45) is 0 Å². The second-order valence-corrected chi connectivity index (χ2v) is 6.19. The summed E-state index contributed by atoms with van der Waals surface area (Å²) in [4.78, 5) is 25.8. The first kappa shape index (κ1) is 16.2. The van der Waals surface area contributed by atoms with Crippen molar-refractivity contribution < 1.29 is 19.2 Å². The van der Waals surface area contributed by atoms with Gasteiger partial charge >= 0.3 is 5.97 Å². The van der Waals surface area contributed by atoms with Crippen molar-refractivity contribution >= 4 is 11.9 Å². The molecule has 2 aromatic rings. The molecule has 0 saturated carbocycles. The highest BCUT2D eigenvalue weighted by molar-refractivity contribution is 5.94. The molecular formula is C18H20N2O4. The number of nitrogens with zero attached hydrogens (tertiary/aromatic N) is 2. The van der Waals surface area contributed by atoms with Crippen molar-refractivity contribution in [1.82, 2.24) is 10.1 Å². The highest BCUT2D eigenvalue weighted by Gasteiger charge is 2.36. The molecule has 24 heavy (non-hydrogen) atoms. The number of rotatable bonds is 4. The summed E-state index contributed by atoms with van der Waals surface area (Å²) in [5.74, 6) is -1.16. The van der Waals surface area contributed by atoms with Crippen LogP contribution in [0.4, 0.5) is 0 Å². The van der Waals surface area contributed by atoms with Gasteiger partial charge in [-0.1, -0.05) is 43.3 Å². The number of carbonyl (C=O) groups is 2. The summed E-state index contributed by atoms with van der Waals surface area (Å²) in [7, 11) is 0. The second-order valence-electron chi connectivity index (χ2n) is 6.19. The van der Waals surface area contributed by atoms with E-state index in [1.165, 1.54) is 4.90 Å². The number of carboxylic acids is 1. The molecule has 0 spiro atoms. The quantitative estimate of drug-likeness (QED) is 0.933. The van der Waals surface area contributed by atoms with Gasteiger partial charge in [-0.3, -0.25) is 4.79 Å². The minimum absolute atomic E-state index is 0.0935. The largest absolute Gasteiger partial charge is 0.480 e. The van der Waals surface area contributed by atoms with Crippen LogP contribution in [0.15, 0.2) is 34.9 Å². The summed E-state index contributed by atoms with van der Waals surface area (Å²) in [5, 5.41) is 13.5. The molecule has 0 fully saturated rings. The topological polar surface area (TPSA) is 83.6 Å². The minimum Gasteiger partial charge on any atom is -0.480 e. The average Bonchev–Trinajstić information content (AvgIpc) is 3.09. The maximum atomic E-state index is 12.8. The van der Waals surface area contributed by atoms with Gasteiger partial charge in [0.15, 0.2) is 0 Å². The Balaban J connectivity index is 1.90. The number of aromatic nitrogens is 1. The fourth-order valence-corrected chi connectivity index (χ4v) is 2.93. The highest BCUT2D eigenvalue weighted by Crippen LogP contribution is 2.26. The zero-order valence-electron chi connectivity index (χ0n) is 13.7. The average molecular weight is 328 g/mol. The van der Waals surface area contributed by atoms with Gasteiger partial charge in [-0.15, -0.1) is 0 Å². The number of amides is 1. The monoisotopic (exact) mass is 328 g/mol. The Bertz CT molecular complexity index is 768. The Morgan fingerprint density at radius 2 is 2.08 bits per heavy atom. The number of aliphatic carboxylic acids is 1. The third kappa shape index (κ3) is 2.91. The Morgan fingerprint density at radius 3 is 2.75 bits per heavy atom. The first-order valence-electron chi connectivity index (χ1n) is 8.08. The van der Waals surface area contributed by atoms with Crippen molar-refractivity contribution in [1.29, 1.82) is 0 Å². The van der Waals surface area contributed by atoms with Crippen LogP contribution in [-0.2, 0) is 17.8 Å². The van der Waals surface area contributed by atoms with Crippen LogP contribution in [0.1, 0.15) is 53.6 Å². The third-order valence-electron chi connectivity index (χ3n) is 4.65. The van der Waals surface area contributed by atoms with Gasteiger partial charge in [0.05, 0.1) is 5.69 Å². The molecular weight excluding hydrogens is 308 g/mol. The Labute approximate surface area is 140 Å². The van der Waals surface area contributed by atoms with Gasteiger partial charge in [0, 0.05) is 24.9 Å². The number of hydrogen-bond donors (Lipinski definition) is 1. The predicted molar refractivity (Wildman–Crippen MR) is 86.7 cm³/mol. The molecule has 2 heterocycles. The lowest BCUT2D eigenvalue weighted by Crippen LogP contribution is -2.48. The number of carbonyl (C=O) groups excluding carboxylic acids is 1. The van der Waals surface area contributed by atoms with E-state index in [9.17, 15) is 14.7 Å². The zero-order chi connectivity index (χ0) is 17.3. The standard InChI is InChI=1S/C18H20N2O4/c1-3-11(2)14-9-16(24-19-14)17(21)20-10-13-7-5-4-6-12(13)8-15(20)18(22)23/h4-7,9,11,15H,3,8,10H2,1-2H3,(H,22,23)/t11-,15+/m0/s1. The van der Waals surface area contributed by atoms with Crippen molar-refractivity contribution in [2.45, 2.75) is 45.2 Å². The van der Waals surface area contributed by atoms with E-state index in [4.69, 9.17) is 4.52 Å². The zero-order valence-corrected chi connectivity index (χ0v) is 13.7. The van der Waals surface area contributed by atoms with Crippen molar-refractivity contribution in [3.63, 3.8) is 0 Å². The van der Waals surface area contributed by atoms with Gasteiger partial charge in [0.2, 0.25) is 5.76 Å². The van der Waals surface area contributed by atoms with Crippen LogP contribution in [0, 0.1) is 0 Å². The molecule has 0 radical (unpaired) electrons. The van der Waals surface area contributed by atoms with Crippen LogP contribution in [-0.4, -0.2) is 33.1 Å². The molecule has 0 aliphatic carbocycles. The van der Waals surface area contributed by atoms with Crippen LogP contribution >= 0.6 is 0 Å². The van der Waals surface area contributed by atoms with Crippen molar-refractivity contribution in [3.8, 4) is 0 Å². The highest BCUT2D eigenvalue weighted by atomic mass is 16.5. The van der Waals surface area contributed by atoms with Gasteiger partial charge in [-0.25, -0.2) is 4.79 Å². The second kappa shape index (κ2) is 6.47. The molecule has 2 atom stereocenters. The lowest BCUT2D eigenvalue weighted by atomic mass is 9.93. The summed E-state index contributed by atoms with van der Waals surface area (Å²) < 4.78 is 5.18. The van der Waals surface area contributed by atoms with Crippen LogP contribution < -0.4 is 0 Å². The summed E-state index contributed by atoms with van der Waals surface area (Å²) in [5.41, 5.74) is 2.64. The van der Waals surface area contributed by atoms with Gasteiger partial charge in [0.1, 0.15) is 6.04 Å². The molecule has 1 aliphatic rings. The summed E-state index contributed by atoms with van der Waals surface area (Å²) >= 11 is 0. The smallest absolute Gasteiger partial charge is 0.326 e. The number of benzene rings is 1. The van der Waals surface area contributed by atoms with Crippen LogP contribution in [0.25, 0.3) is 0 Å². The normalized spacial score (nSPS) is 18.1. The molecule has 0 saturated heterocycles. The molecule has 1 N–H and O–H groups in total. The van der Waals surface area contributed by atoms with Gasteiger partial charge < -0.3 is 14.5 Å². The molecule has 6 nitrogen and oxygen atoms in total. The fraction of sp³-hybridized carbons (Fsp3) is 0.389. The van der Waals surface area contributed by atoms with Crippen LogP contribution in [0.5, 0.6) is 0 Å². The molecule has 1 amide bonds. The van der Waals surface area contributed by atoms with E-state index in [1.807, 2.05) is 38.1 Å². The van der Waals surface area contributed by atoms with E-state index in [-0.39, 0.29) is 18.2 Å². The minimum atomic E-state index is -1.01. The van der Waals surface area contributed by atoms with E-state index < -0.39 is 17.9 Å². The van der Waals surface area contributed by atoms with Gasteiger partial charge in [-0.05, 0) is 17.5 Å². The Kier molecular flexibility index (Phi) is 4.38. The van der Waals surface area contributed by atoms with E-state index in [0.717, 1.165) is 17.5 Å². The molecule has 3 rings (SSSR count). The lowest BCUT2D eigenvalue weighted by molar-refractivity contribution is -0.142. The summed E-state index contributed by atoms with van der Waals surface area (Å²) in [6.45, 7) is 4.29. The first-order chi connectivity index (χ1) is 11.5. The summed E-state index contributed by atoms with van der Waals surface area (Å²) in [6, 6.07) is 8.31. The Hall–Kier alpha value is -2.63. The third-order valence-corrected chi connectivity index (χ3v) is 4.65. The van der Waals surface area contributed by atoms with E-state index in [1.54, 1.807) is 6.07 Å². The number of hydrogen-bond acceptors (Lipinski definition) is 4. The molecule has 126 valence electrons. The molecule has 0 bridgehead atoms. The van der Waals surface area contributed by atoms with E-state index >= 15 is 0 Å². The number of fused-ring (bicyclic) bond motifs is 1. The Morgan fingerprint density at radius 1 is 1.38 bits per heavy atom. The SMILES string of the molecule is CC[C@H](C)c1cc(C(=O)N2Cc3ccccc3C[C@@H]2C(=O)O)on1. The molecule has 1 aromatic heterocycles.